The van der Waals surface area contributed by atoms with Gasteiger partial charge in [0, 0.05) is 6.54 Å². The molecular weight excluding hydrogens is 206 g/mol. The zero-order chi connectivity index (χ0) is 12.0. The Balaban J connectivity index is 2.34. The molecule has 1 saturated heterocycles. The quantitative estimate of drug-likeness (QED) is 0.613. The highest BCUT2D eigenvalue weighted by atomic mass is 16.2. The summed E-state index contributed by atoms with van der Waals surface area (Å²) < 4.78 is 0. The highest BCUT2D eigenvalue weighted by Crippen LogP contribution is 2.04. The molecule has 0 spiro atoms. The maximum atomic E-state index is 11.6. The molecular formula is C11H21N3O2. The molecule has 1 heterocycles. The van der Waals surface area contributed by atoms with Crippen LogP contribution in [-0.4, -0.2) is 30.4 Å². The summed E-state index contributed by atoms with van der Waals surface area (Å²) in [5.74, 6) is -0.308. The molecule has 0 aliphatic carbocycles. The van der Waals surface area contributed by atoms with Gasteiger partial charge in [0.05, 0.1) is 6.04 Å². The lowest BCUT2D eigenvalue weighted by Gasteiger charge is -2.24. The van der Waals surface area contributed by atoms with E-state index in [0.717, 1.165) is 19.3 Å². The van der Waals surface area contributed by atoms with E-state index in [1.807, 2.05) is 0 Å². The van der Waals surface area contributed by atoms with E-state index in [9.17, 15) is 9.59 Å². The van der Waals surface area contributed by atoms with Crippen molar-refractivity contribution in [3.8, 4) is 0 Å². The van der Waals surface area contributed by atoms with Crippen LogP contribution in [0.2, 0.25) is 0 Å². The summed E-state index contributed by atoms with van der Waals surface area (Å²) in [7, 11) is 0. The predicted molar refractivity (Wildman–Crippen MR) is 61.7 cm³/mol. The van der Waals surface area contributed by atoms with Gasteiger partial charge in [-0.25, -0.2) is 0 Å². The SMILES string of the molecule is CCCCC(N)C(=O)NC1CCCNC1=O. The number of nitrogens with two attached hydrogens (primary N) is 1. The van der Waals surface area contributed by atoms with E-state index in [1.54, 1.807) is 0 Å². The smallest absolute Gasteiger partial charge is 0.242 e. The molecule has 16 heavy (non-hydrogen) atoms. The van der Waals surface area contributed by atoms with Gasteiger partial charge in [-0.2, -0.15) is 0 Å². The Morgan fingerprint density at radius 1 is 1.69 bits per heavy atom. The lowest BCUT2D eigenvalue weighted by atomic mass is 10.1. The van der Waals surface area contributed by atoms with Crippen LogP contribution in [-0.2, 0) is 9.59 Å². The molecule has 4 N–H and O–H groups in total. The molecule has 0 saturated carbocycles. The van der Waals surface area contributed by atoms with Gasteiger partial charge < -0.3 is 16.4 Å². The molecule has 92 valence electrons. The fourth-order valence-corrected chi connectivity index (χ4v) is 1.74. The van der Waals surface area contributed by atoms with Crippen molar-refractivity contribution in [2.24, 2.45) is 5.73 Å². The van der Waals surface area contributed by atoms with Crippen LogP contribution in [0.25, 0.3) is 0 Å². The van der Waals surface area contributed by atoms with E-state index in [-0.39, 0.29) is 11.8 Å². The number of carbonyl (C=O) groups is 2. The summed E-state index contributed by atoms with van der Waals surface area (Å²) in [5, 5.41) is 5.43. The summed E-state index contributed by atoms with van der Waals surface area (Å²) in [4.78, 5) is 23.0. The van der Waals surface area contributed by atoms with E-state index < -0.39 is 12.1 Å². The molecule has 1 aliphatic rings. The van der Waals surface area contributed by atoms with Crippen LogP contribution in [0.3, 0.4) is 0 Å². The summed E-state index contributed by atoms with van der Waals surface area (Å²) >= 11 is 0. The van der Waals surface area contributed by atoms with Crippen molar-refractivity contribution in [1.29, 1.82) is 0 Å². The van der Waals surface area contributed by atoms with Crippen LogP contribution in [0.5, 0.6) is 0 Å². The van der Waals surface area contributed by atoms with Crippen molar-refractivity contribution in [2.45, 2.75) is 51.1 Å². The Labute approximate surface area is 96.1 Å². The highest BCUT2D eigenvalue weighted by Gasteiger charge is 2.25. The maximum Gasteiger partial charge on any atom is 0.242 e. The molecule has 5 heteroatoms. The minimum absolute atomic E-state index is 0.0951. The average Bonchev–Trinajstić information content (AvgIpc) is 2.28. The van der Waals surface area contributed by atoms with E-state index in [0.29, 0.717) is 19.4 Å². The molecule has 2 amide bonds. The fraction of sp³-hybridized carbons (Fsp3) is 0.818. The second-order valence-electron chi connectivity index (χ2n) is 4.24. The van der Waals surface area contributed by atoms with Gasteiger partial charge in [-0.1, -0.05) is 19.8 Å². The molecule has 2 atom stereocenters. The first-order chi connectivity index (χ1) is 7.65. The Hall–Kier alpha value is -1.10. The first-order valence-corrected chi connectivity index (χ1v) is 5.98. The molecule has 1 aliphatic heterocycles. The lowest BCUT2D eigenvalue weighted by molar-refractivity contribution is -0.130. The number of nitrogens with one attached hydrogen (secondary N) is 2. The molecule has 0 aromatic carbocycles. The monoisotopic (exact) mass is 227 g/mol. The van der Waals surface area contributed by atoms with Crippen LogP contribution in [0.15, 0.2) is 0 Å². The number of rotatable bonds is 5. The van der Waals surface area contributed by atoms with Crippen LogP contribution in [0.1, 0.15) is 39.0 Å². The highest BCUT2D eigenvalue weighted by molar-refractivity contribution is 5.89. The summed E-state index contributed by atoms with van der Waals surface area (Å²) in [6, 6.07) is -0.886. The second kappa shape index (κ2) is 6.48. The van der Waals surface area contributed by atoms with Crippen LogP contribution in [0, 0.1) is 0 Å². The van der Waals surface area contributed by atoms with Gasteiger partial charge >= 0.3 is 0 Å². The van der Waals surface area contributed by atoms with Gasteiger partial charge in [0.25, 0.3) is 0 Å². The first kappa shape index (κ1) is 13.0. The Morgan fingerprint density at radius 3 is 3.06 bits per heavy atom. The number of carbonyl (C=O) groups excluding carboxylic acids is 2. The van der Waals surface area contributed by atoms with Crippen molar-refractivity contribution in [3.05, 3.63) is 0 Å². The zero-order valence-corrected chi connectivity index (χ0v) is 9.79. The van der Waals surface area contributed by atoms with Crippen molar-refractivity contribution < 1.29 is 9.59 Å². The molecule has 1 rings (SSSR count). The summed E-state index contributed by atoms with van der Waals surface area (Å²) in [6.45, 7) is 2.76. The summed E-state index contributed by atoms with van der Waals surface area (Å²) in [6.07, 6.45) is 4.24. The third-order valence-electron chi connectivity index (χ3n) is 2.81. The van der Waals surface area contributed by atoms with E-state index >= 15 is 0 Å². The van der Waals surface area contributed by atoms with Gasteiger partial charge in [0.15, 0.2) is 0 Å². The number of piperidine rings is 1. The van der Waals surface area contributed by atoms with Gasteiger partial charge in [-0.3, -0.25) is 9.59 Å². The Bertz CT molecular complexity index is 256. The normalized spacial score (nSPS) is 22.4. The van der Waals surface area contributed by atoms with E-state index in [2.05, 4.69) is 17.6 Å². The van der Waals surface area contributed by atoms with Crippen LogP contribution < -0.4 is 16.4 Å². The minimum atomic E-state index is -0.491. The number of unbranched alkanes of at least 4 members (excludes halogenated alkanes) is 1. The third-order valence-corrected chi connectivity index (χ3v) is 2.81. The largest absolute Gasteiger partial charge is 0.354 e. The molecule has 0 aromatic rings. The van der Waals surface area contributed by atoms with Crippen molar-refractivity contribution in [1.82, 2.24) is 10.6 Å². The summed E-state index contributed by atoms with van der Waals surface area (Å²) in [5.41, 5.74) is 5.72. The molecule has 5 nitrogen and oxygen atoms in total. The van der Waals surface area contributed by atoms with Crippen molar-refractivity contribution in [2.75, 3.05) is 6.54 Å². The molecule has 0 radical (unpaired) electrons. The third kappa shape index (κ3) is 3.81. The predicted octanol–water partition coefficient (Wildman–Crippen LogP) is -0.101. The fourth-order valence-electron chi connectivity index (χ4n) is 1.74. The van der Waals surface area contributed by atoms with Crippen LogP contribution in [0.4, 0.5) is 0 Å². The van der Waals surface area contributed by atoms with Gasteiger partial charge in [-0.15, -0.1) is 0 Å². The number of hydrogen-bond donors (Lipinski definition) is 3. The maximum absolute atomic E-state index is 11.6. The zero-order valence-electron chi connectivity index (χ0n) is 9.79. The van der Waals surface area contributed by atoms with Crippen molar-refractivity contribution >= 4 is 11.8 Å². The number of hydrogen-bond acceptors (Lipinski definition) is 3. The molecule has 2 unspecified atom stereocenters. The molecule has 1 fully saturated rings. The Kier molecular flexibility index (Phi) is 5.25. The standard InChI is InChI=1S/C11H21N3O2/c1-2-3-5-8(12)10(15)14-9-6-4-7-13-11(9)16/h8-9H,2-7,12H2,1H3,(H,13,16)(H,14,15). The average molecular weight is 227 g/mol. The first-order valence-electron chi connectivity index (χ1n) is 5.98. The van der Waals surface area contributed by atoms with Gasteiger partial charge in [0.1, 0.15) is 6.04 Å². The molecule has 0 bridgehead atoms. The topological polar surface area (TPSA) is 84.2 Å². The van der Waals surface area contributed by atoms with E-state index in [4.69, 9.17) is 5.73 Å². The van der Waals surface area contributed by atoms with Gasteiger partial charge in [0.2, 0.25) is 11.8 Å². The number of amides is 2. The van der Waals surface area contributed by atoms with Gasteiger partial charge in [-0.05, 0) is 19.3 Å². The van der Waals surface area contributed by atoms with Crippen molar-refractivity contribution in [3.63, 3.8) is 0 Å². The lowest BCUT2D eigenvalue weighted by Crippen LogP contribution is -2.53. The second-order valence-corrected chi connectivity index (χ2v) is 4.24. The van der Waals surface area contributed by atoms with E-state index in [1.165, 1.54) is 0 Å². The van der Waals surface area contributed by atoms with Crippen LogP contribution >= 0.6 is 0 Å². The minimum Gasteiger partial charge on any atom is -0.354 e. The Morgan fingerprint density at radius 2 is 2.44 bits per heavy atom. The molecule has 0 aromatic heterocycles.